The molecule has 0 fully saturated rings. The molecule has 1 rings (SSSR count). The maximum Gasteiger partial charge on any atom is 0.175 e. The van der Waals surface area contributed by atoms with Crippen LogP contribution in [-0.2, 0) is 9.84 Å². The third kappa shape index (κ3) is 6.46. The molecular weight excluding hydrogens is 337 g/mol. The molecule has 0 radical (unpaired) electrons. The average molecular weight is 370 g/mol. The maximum absolute atomic E-state index is 14.4. The summed E-state index contributed by atoms with van der Waals surface area (Å²) in [5.74, 6) is -0.0269. The molecule has 25 heavy (non-hydrogen) atoms. The van der Waals surface area contributed by atoms with Crippen LogP contribution in [0.5, 0.6) is 0 Å². The molecule has 0 saturated carbocycles. The van der Waals surface area contributed by atoms with E-state index >= 15 is 0 Å². The standard InChI is InChI=1S/C20H32FNO2S/c1-6-9-11-16(10-7-2)20(8-3)22-15(4)18-13-12-17(14-19(18)21)25(5,23)24/h12-14,16,20,22H,4,6-11H2,1-3,5H3. The summed E-state index contributed by atoms with van der Waals surface area (Å²) in [6.07, 6.45) is 7.77. The lowest BCUT2D eigenvalue weighted by Crippen LogP contribution is -2.34. The van der Waals surface area contributed by atoms with Gasteiger partial charge in [0.05, 0.1) is 4.90 Å². The first kappa shape index (κ1) is 21.7. The van der Waals surface area contributed by atoms with E-state index in [1.807, 2.05) is 0 Å². The van der Waals surface area contributed by atoms with E-state index in [-0.39, 0.29) is 10.9 Å². The Hall–Kier alpha value is -1.36. The van der Waals surface area contributed by atoms with Crippen LogP contribution in [0.25, 0.3) is 5.70 Å². The monoisotopic (exact) mass is 369 g/mol. The van der Waals surface area contributed by atoms with Crippen molar-refractivity contribution in [2.24, 2.45) is 5.92 Å². The lowest BCUT2D eigenvalue weighted by molar-refractivity contribution is 0.323. The van der Waals surface area contributed by atoms with Crippen molar-refractivity contribution in [3.8, 4) is 0 Å². The molecule has 2 unspecified atom stereocenters. The Morgan fingerprint density at radius 2 is 1.88 bits per heavy atom. The first-order valence-corrected chi connectivity index (χ1v) is 11.1. The zero-order valence-electron chi connectivity index (χ0n) is 15.9. The van der Waals surface area contributed by atoms with E-state index in [1.165, 1.54) is 25.0 Å². The molecule has 0 aliphatic rings. The van der Waals surface area contributed by atoms with Gasteiger partial charge in [0.1, 0.15) is 5.82 Å². The van der Waals surface area contributed by atoms with E-state index in [0.717, 1.165) is 38.0 Å². The summed E-state index contributed by atoms with van der Waals surface area (Å²) < 4.78 is 37.5. The summed E-state index contributed by atoms with van der Waals surface area (Å²) in [7, 11) is -3.42. The van der Waals surface area contributed by atoms with Crippen LogP contribution in [0.4, 0.5) is 4.39 Å². The van der Waals surface area contributed by atoms with Gasteiger partial charge in [0.15, 0.2) is 9.84 Å². The van der Waals surface area contributed by atoms with E-state index in [4.69, 9.17) is 0 Å². The lowest BCUT2D eigenvalue weighted by atomic mass is 9.88. The molecule has 0 aromatic heterocycles. The first-order valence-electron chi connectivity index (χ1n) is 9.19. The van der Waals surface area contributed by atoms with Crippen molar-refractivity contribution in [1.29, 1.82) is 0 Å². The number of sulfone groups is 1. The van der Waals surface area contributed by atoms with Crippen molar-refractivity contribution in [3.05, 3.63) is 36.2 Å². The van der Waals surface area contributed by atoms with Crippen molar-refractivity contribution in [1.82, 2.24) is 5.32 Å². The number of rotatable bonds is 11. The Balaban J connectivity index is 2.94. The van der Waals surface area contributed by atoms with Crippen LogP contribution in [0, 0.1) is 11.7 Å². The largest absolute Gasteiger partial charge is 0.382 e. The Bertz CT molecular complexity index is 670. The van der Waals surface area contributed by atoms with Crippen LogP contribution in [-0.4, -0.2) is 20.7 Å². The molecule has 0 amide bonds. The number of hydrogen-bond donors (Lipinski definition) is 1. The minimum Gasteiger partial charge on any atom is -0.382 e. The number of benzene rings is 1. The molecule has 142 valence electrons. The molecule has 0 aliphatic carbocycles. The van der Waals surface area contributed by atoms with Gasteiger partial charge >= 0.3 is 0 Å². The Morgan fingerprint density at radius 1 is 1.20 bits per heavy atom. The second kappa shape index (κ2) is 9.95. The van der Waals surface area contributed by atoms with Crippen LogP contribution in [0.2, 0.25) is 0 Å². The van der Waals surface area contributed by atoms with Gasteiger partial charge in [0, 0.05) is 23.6 Å². The smallest absolute Gasteiger partial charge is 0.175 e. The highest BCUT2D eigenvalue weighted by molar-refractivity contribution is 7.90. The molecule has 5 heteroatoms. The molecule has 2 atom stereocenters. The van der Waals surface area contributed by atoms with Gasteiger partial charge in [-0.25, -0.2) is 12.8 Å². The van der Waals surface area contributed by atoms with Crippen LogP contribution in [0.1, 0.15) is 64.9 Å². The quantitative estimate of drug-likeness (QED) is 0.585. The molecule has 0 spiro atoms. The van der Waals surface area contributed by atoms with Gasteiger partial charge in [0.2, 0.25) is 0 Å². The molecule has 0 heterocycles. The van der Waals surface area contributed by atoms with Crippen LogP contribution < -0.4 is 5.32 Å². The van der Waals surface area contributed by atoms with Crippen molar-refractivity contribution in [2.75, 3.05) is 6.26 Å². The minimum atomic E-state index is -3.42. The van der Waals surface area contributed by atoms with Gasteiger partial charge < -0.3 is 5.32 Å². The van der Waals surface area contributed by atoms with Gasteiger partial charge in [-0.15, -0.1) is 0 Å². The maximum atomic E-state index is 14.4. The summed E-state index contributed by atoms with van der Waals surface area (Å²) in [5, 5.41) is 3.39. The predicted octanol–water partition coefficient (Wildman–Crippen LogP) is 5.17. The summed E-state index contributed by atoms with van der Waals surface area (Å²) >= 11 is 0. The summed E-state index contributed by atoms with van der Waals surface area (Å²) in [6.45, 7) is 10.5. The molecule has 0 saturated heterocycles. The zero-order chi connectivity index (χ0) is 19.0. The highest BCUT2D eigenvalue weighted by atomic mass is 32.2. The highest BCUT2D eigenvalue weighted by Gasteiger charge is 2.21. The SMILES string of the molecule is C=C(NC(CC)C(CCC)CCCC)c1ccc(S(C)(=O)=O)cc1F. The van der Waals surface area contributed by atoms with Crippen molar-refractivity contribution in [2.45, 2.75) is 70.2 Å². The summed E-state index contributed by atoms with van der Waals surface area (Å²) in [6, 6.07) is 4.24. The number of hydrogen-bond acceptors (Lipinski definition) is 3. The van der Waals surface area contributed by atoms with Crippen molar-refractivity contribution in [3.63, 3.8) is 0 Å². The Morgan fingerprint density at radius 3 is 2.36 bits per heavy atom. The molecule has 3 nitrogen and oxygen atoms in total. The van der Waals surface area contributed by atoms with Crippen LogP contribution >= 0.6 is 0 Å². The molecular formula is C20H32FNO2S. The topological polar surface area (TPSA) is 46.2 Å². The highest BCUT2D eigenvalue weighted by Crippen LogP contribution is 2.25. The van der Waals surface area contributed by atoms with Gasteiger partial charge in [-0.2, -0.15) is 0 Å². The number of unbranched alkanes of at least 4 members (excludes halogenated alkanes) is 1. The van der Waals surface area contributed by atoms with Crippen molar-refractivity contribution < 1.29 is 12.8 Å². The number of nitrogens with one attached hydrogen (secondary N) is 1. The molecule has 0 bridgehead atoms. The Labute approximate surface area is 152 Å². The van der Waals surface area contributed by atoms with Gasteiger partial charge in [0.25, 0.3) is 0 Å². The number of halogens is 1. The fourth-order valence-electron chi connectivity index (χ4n) is 3.21. The molecule has 0 aliphatic heterocycles. The van der Waals surface area contributed by atoms with E-state index in [9.17, 15) is 12.8 Å². The zero-order valence-corrected chi connectivity index (χ0v) is 16.8. The van der Waals surface area contributed by atoms with Crippen LogP contribution in [0.3, 0.4) is 0 Å². The molecule has 1 aromatic rings. The third-order valence-electron chi connectivity index (χ3n) is 4.65. The van der Waals surface area contributed by atoms with Gasteiger partial charge in [-0.05, 0) is 43.4 Å². The third-order valence-corrected chi connectivity index (χ3v) is 5.76. The summed E-state index contributed by atoms with van der Waals surface area (Å²) in [5.41, 5.74) is 0.846. The predicted molar refractivity (Wildman–Crippen MR) is 104 cm³/mol. The fraction of sp³-hybridized carbons (Fsp3) is 0.600. The van der Waals surface area contributed by atoms with E-state index < -0.39 is 15.7 Å². The van der Waals surface area contributed by atoms with E-state index in [2.05, 4.69) is 32.7 Å². The van der Waals surface area contributed by atoms with Crippen LogP contribution in [0.15, 0.2) is 29.7 Å². The van der Waals surface area contributed by atoms with E-state index in [1.54, 1.807) is 0 Å². The second-order valence-corrected chi connectivity index (χ2v) is 8.76. The fourth-order valence-corrected chi connectivity index (χ4v) is 3.84. The normalized spacial score (nSPS) is 14.1. The lowest BCUT2D eigenvalue weighted by Gasteiger charge is -2.29. The van der Waals surface area contributed by atoms with Gasteiger partial charge in [-0.3, -0.25) is 0 Å². The molecule has 1 aromatic carbocycles. The second-order valence-electron chi connectivity index (χ2n) is 6.74. The minimum absolute atomic E-state index is 0.0135. The van der Waals surface area contributed by atoms with Gasteiger partial charge in [-0.1, -0.05) is 46.6 Å². The summed E-state index contributed by atoms with van der Waals surface area (Å²) in [4.78, 5) is -0.0135. The Kier molecular flexibility index (Phi) is 8.63. The van der Waals surface area contributed by atoms with Crippen molar-refractivity contribution >= 4 is 15.5 Å². The molecule has 1 N–H and O–H groups in total. The average Bonchev–Trinajstić information content (AvgIpc) is 2.55. The van der Waals surface area contributed by atoms with E-state index in [0.29, 0.717) is 17.2 Å². The first-order chi connectivity index (χ1) is 11.7.